The van der Waals surface area contributed by atoms with Gasteiger partial charge < -0.3 is 15.3 Å². The summed E-state index contributed by atoms with van der Waals surface area (Å²) in [6.45, 7) is 3.85. The van der Waals surface area contributed by atoms with Crippen LogP contribution >= 0.6 is 0 Å². The lowest BCUT2D eigenvalue weighted by molar-refractivity contribution is -0.150. The fourth-order valence-electron chi connectivity index (χ4n) is 2.47. The van der Waals surface area contributed by atoms with E-state index in [-0.39, 0.29) is 6.03 Å². The summed E-state index contributed by atoms with van der Waals surface area (Å²) in [6.07, 6.45) is 3.76. The van der Waals surface area contributed by atoms with Gasteiger partial charge in [0.05, 0.1) is 11.4 Å². The average molecular weight is 277 g/mol. The normalized spacial score (nSPS) is 22.4. The number of likely N-dealkylation sites (tertiary alicyclic amines) is 1. The fraction of sp³-hybridized carbons (Fsp3) is 0.500. The summed E-state index contributed by atoms with van der Waals surface area (Å²) in [4.78, 5) is 29.3. The molecule has 2 N–H and O–H groups in total. The Hall–Kier alpha value is -2.11. The predicted octanol–water partition coefficient (Wildman–Crippen LogP) is 2.25. The number of carbonyl (C=O) groups excluding carboxylic acids is 1. The van der Waals surface area contributed by atoms with Crippen LogP contribution in [-0.4, -0.2) is 39.1 Å². The van der Waals surface area contributed by atoms with Crippen molar-refractivity contribution in [3.63, 3.8) is 0 Å². The highest BCUT2D eigenvalue weighted by Gasteiger charge is 2.44. The summed E-state index contributed by atoms with van der Waals surface area (Å²) in [5.74, 6) is -0.963. The monoisotopic (exact) mass is 277 g/mol. The van der Waals surface area contributed by atoms with E-state index in [9.17, 15) is 14.7 Å². The zero-order valence-corrected chi connectivity index (χ0v) is 11.7. The molecule has 108 valence electrons. The number of carboxylic acid groups (broad SMARTS) is 1. The fourth-order valence-corrected chi connectivity index (χ4v) is 2.47. The maximum Gasteiger partial charge on any atom is 0.329 e. The van der Waals surface area contributed by atoms with Crippen LogP contribution in [0, 0.1) is 6.92 Å². The number of aliphatic carboxylic acids is 1. The van der Waals surface area contributed by atoms with Crippen molar-refractivity contribution in [2.45, 2.75) is 38.6 Å². The molecule has 1 fully saturated rings. The number of carboxylic acids is 1. The first-order valence-electron chi connectivity index (χ1n) is 6.69. The lowest BCUT2D eigenvalue weighted by Gasteiger charge is -2.41. The summed E-state index contributed by atoms with van der Waals surface area (Å²) in [6, 6.07) is 3.10. The maximum atomic E-state index is 12.4. The number of hydrogen-bond donors (Lipinski definition) is 2. The van der Waals surface area contributed by atoms with Gasteiger partial charge in [0.2, 0.25) is 0 Å². The molecule has 2 amide bonds. The van der Waals surface area contributed by atoms with Crippen molar-refractivity contribution in [2.75, 3.05) is 11.9 Å². The van der Waals surface area contributed by atoms with Gasteiger partial charge in [-0.2, -0.15) is 0 Å². The van der Waals surface area contributed by atoms with Crippen molar-refractivity contribution < 1.29 is 14.7 Å². The Morgan fingerprint density at radius 3 is 2.85 bits per heavy atom. The van der Waals surface area contributed by atoms with Crippen molar-refractivity contribution in [3.05, 3.63) is 24.0 Å². The van der Waals surface area contributed by atoms with Gasteiger partial charge in [-0.15, -0.1) is 0 Å². The van der Waals surface area contributed by atoms with E-state index in [2.05, 4.69) is 10.3 Å². The molecule has 0 saturated carbocycles. The highest BCUT2D eigenvalue weighted by molar-refractivity contribution is 5.94. The second-order valence-electron chi connectivity index (χ2n) is 5.25. The molecule has 0 aliphatic carbocycles. The lowest BCUT2D eigenvalue weighted by Crippen LogP contribution is -2.58. The van der Waals surface area contributed by atoms with Crippen LogP contribution < -0.4 is 5.32 Å². The minimum Gasteiger partial charge on any atom is -0.480 e. The zero-order valence-electron chi connectivity index (χ0n) is 11.7. The average Bonchev–Trinajstić information content (AvgIpc) is 2.41. The maximum absolute atomic E-state index is 12.4. The number of urea groups is 1. The molecule has 0 bridgehead atoms. The van der Waals surface area contributed by atoms with Crippen LogP contribution in [0.3, 0.4) is 0 Å². The van der Waals surface area contributed by atoms with Crippen molar-refractivity contribution in [3.8, 4) is 0 Å². The molecule has 0 aromatic carbocycles. The van der Waals surface area contributed by atoms with E-state index >= 15 is 0 Å². The molecular formula is C14H19N3O3. The van der Waals surface area contributed by atoms with E-state index in [1.165, 1.54) is 4.90 Å². The van der Waals surface area contributed by atoms with Gasteiger partial charge in [-0.1, -0.05) is 0 Å². The Kier molecular flexibility index (Phi) is 3.92. The van der Waals surface area contributed by atoms with Crippen molar-refractivity contribution >= 4 is 17.7 Å². The molecule has 1 aromatic rings. The standard InChI is InChI=1S/C14H19N3O3/c1-10-11(6-5-8-15-10)16-13(20)17-9-4-3-7-14(17,2)12(18)19/h5-6,8H,3-4,7,9H2,1-2H3,(H,16,20)(H,18,19). The molecule has 20 heavy (non-hydrogen) atoms. The first kappa shape index (κ1) is 14.3. The number of amides is 2. The Balaban J connectivity index is 2.19. The van der Waals surface area contributed by atoms with Crippen LogP contribution in [0.5, 0.6) is 0 Å². The minimum absolute atomic E-state index is 0.384. The van der Waals surface area contributed by atoms with Gasteiger partial charge in [-0.05, 0) is 45.2 Å². The molecule has 1 aliphatic heterocycles. The van der Waals surface area contributed by atoms with Gasteiger partial charge in [0, 0.05) is 12.7 Å². The van der Waals surface area contributed by atoms with Crippen LogP contribution in [0.1, 0.15) is 31.9 Å². The third-order valence-corrected chi connectivity index (χ3v) is 3.85. The molecule has 1 atom stereocenters. The molecule has 1 aromatic heterocycles. The smallest absolute Gasteiger partial charge is 0.329 e. The van der Waals surface area contributed by atoms with E-state index < -0.39 is 11.5 Å². The Labute approximate surface area is 117 Å². The molecule has 1 unspecified atom stereocenters. The molecule has 6 heteroatoms. The first-order chi connectivity index (χ1) is 9.45. The van der Waals surface area contributed by atoms with Crippen molar-refractivity contribution in [1.29, 1.82) is 0 Å². The Bertz CT molecular complexity index is 532. The Morgan fingerprint density at radius 1 is 1.45 bits per heavy atom. The second kappa shape index (κ2) is 5.48. The second-order valence-corrected chi connectivity index (χ2v) is 5.25. The number of aromatic nitrogens is 1. The molecule has 6 nitrogen and oxygen atoms in total. The van der Waals surface area contributed by atoms with Gasteiger partial charge in [0.15, 0.2) is 0 Å². The topological polar surface area (TPSA) is 82.5 Å². The van der Waals surface area contributed by atoms with Crippen LogP contribution in [0.15, 0.2) is 18.3 Å². The lowest BCUT2D eigenvalue weighted by atomic mass is 9.89. The van der Waals surface area contributed by atoms with Crippen molar-refractivity contribution in [2.24, 2.45) is 0 Å². The summed E-state index contributed by atoms with van der Waals surface area (Å²) in [7, 11) is 0. The van der Waals surface area contributed by atoms with E-state index in [0.29, 0.717) is 24.3 Å². The third-order valence-electron chi connectivity index (χ3n) is 3.85. The van der Waals surface area contributed by atoms with Gasteiger partial charge in [-0.25, -0.2) is 9.59 Å². The quantitative estimate of drug-likeness (QED) is 0.868. The number of pyridine rings is 1. The number of carbonyl (C=O) groups is 2. The number of anilines is 1. The summed E-state index contributed by atoms with van der Waals surface area (Å²) < 4.78 is 0. The zero-order chi connectivity index (χ0) is 14.8. The van der Waals surface area contributed by atoms with Gasteiger partial charge in [-0.3, -0.25) is 4.98 Å². The highest BCUT2D eigenvalue weighted by atomic mass is 16.4. The van der Waals surface area contributed by atoms with E-state index in [4.69, 9.17) is 0 Å². The van der Waals surface area contributed by atoms with Gasteiger partial charge >= 0.3 is 12.0 Å². The van der Waals surface area contributed by atoms with Crippen molar-refractivity contribution in [1.82, 2.24) is 9.88 Å². The minimum atomic E-state index is -1.14. The molecular weight excluding hydrogens is 258 g/mol. The molecule has 2 heterocycles. The molecule has 1 saturated heterocycles. The SMILES string of the molecule is Cc1ncccc1NC(=O)N1CCCCC1(C)C(=O)O. The molecule has 1 aliphatic rings. The van der Waals surface area contributed by atoms with Crippen LogP contribution in [0.4, 0.5) is 10.5 Å². The summed E-state index contributed by atoms with van der Waals surface area (Å²) in [5, 5.41) is 12.2. The summed E-state index contributed by atoms with van der Waals surface area (Å²) >= 11 is 0. The van der Waals surface area contributed by atoms with Crippen LogP contribution in [-0.2, 0) is 4.79 Å². The largest absolute Gasteiger partial charge is 0.480 e. The predicted molar refractivity (Wildman–Crippen MR) is 74.6 cm³/mol. The van der Waals surface area contributed by atoms with E-state index in [0.717, 1.165) is 12.8 Å². The number of hydrogen-bond acceptors (Lipinski definition) is 3. The third kappa shape index (κ3) is 2.59. The number of rotatable bonds is 2. The number of nitrogens with zero attached hydrogens (tertiary/aromatic N) is 2. The van der Waals surface area contributed by atoms with Crippen LogP contribution in [0.25, 0.3) is 0 Å². The highest BCUT2D eigenvalue weighted by Crippen LogP contribution is 2.29. The molecule has 0 spiro atoms. The van der Waals surface area contributed by atoms with E-state index in [1.54, 1.807) is 32.2 Å². The van der Waals surface area contributed by atoms with Crippen LogP contribution in [0.2, 0.25) is 0 Å². The number of nitrogens with one attached hydrogen (secondary N) is 1. The number of aryl methyl sites for hydroxylation is 1. The van der Waals surface area contributed by atoms with Gasteiger partial charge in [0.1, 0.15) is 5.54 Å². The van der Waals surface area contributed by atoms with Gasteiger partial charge in [0.25, 0.3) is 0 Å². The molecule has 0 radical (unpaired) electrons. The van der Waals surface area contributed by atoms with E-state index in [1.807, 2.05) is 0 Å². The molecule has 2 rings (SSSR count). The Morgan fingerprint density at radius 2 is 2.20 bits per heavy atom. The first-order valence-corrected chi connectivity index (χ1v) is 6.69. The summed E-state index contributed by atoms with van der Waals surface area (Å²) in [5.41, 5.74) is 0.170. The number of piperidine rings is 1.